The topological polar surface area (TPSA) is 123 Å². The number of aromatic nitrogens is 5. The molecule has 7 heterocycles. The molecule has 2 N–H and O–H groups in total. The number of aryl methyl sites for hydroxylation is 1. The van der Waals surface area contributed by atoms with Crippen molar-refractivity contribution in [2.45, 2.75) is 44.6 Å². The van der Waals surface area contributed by atoms with Gasteiger partial charge in [-0.05, 0) is 57.8 Å². The number of hydrazine groups is 1. The minimum atomic E-state index is -0.736. The van der Waals surface area contributed by atoms with Gasteiger partial charge >= 0.3 is 0 Å². The number of anilines is 5. The molecule has 4 bridgehead atoms. The molecule has 0 aliphatic carbocycles. The summed E-state index contributed by atoms with van der Waals surface area (Å²) in [5, 5.41) is 5.11. The van der Waals surface area contributed by atoms with E-state index in [0.717, 1.165) is 31.2 Å². The zero-order valence-corrected chi connectivity index (χ0v) is 32.5. The highest BCUT2D eigenvalue weighted by molar-refractivity contribution is 5.92. The normalized spacial score (nSPS) is 21.2. The lowest BCUT2D eigenvalue weighted by Gasteiger charge is -2.41. The van der Waals surface area contributed by atoms with Crippen LogP contribution < -0.4 is 25.6 Å². The number of hydrogen-bond acceptors (Lipinski definition) is 12. The maximum Gasteiger partial charge on any atom is 0.245 e. The van der Waals surface area contributed by atoms with Gasteiger partial charge in [0, 0.05) is 83.1 Å². The Labute approximate surface area is 328 Å². The first kappa shape index (κ1) is 37.1. The number of hydrogen-bond donors (Lipinski definition) is 2. The summed E-state index contributed by atoms with van der Waals surface area (Å²) >= 11 is 0. The number of fused-ring (bicyclic) bond motifs is 6. The average Bonchev–Trinajstić information content (AvgIpc) is 3.86. The number of nitrogens with one attached hydrogen (secondary N) is 2. The maximum absolute atomic E-state index is 15.3. The number of nitrogens with zero attached hydrogens (tertiary/aromatic N) is 10. The van der Waals surface area contributed by atoms with E-state index in [0.29, 0.717) is 77.0 Å². The number of carbonyl (C=O) groups excluding carboxylic acids is 1. The molecule has 3 aromatic heterocycles. The number of imidazole rings is 1. The Morgan fingerprint density at radius 1 is 0.930 bits per heavy atom. The third-order valence-electron chi connectivity index (χ3n) is 11.4. The van der Waals surface area contributed by atoms with Crippen LogP contribution in [0.15, 0.2) is 48.5 Å². The highest BCUT2D eigenvalue weighted by atomic mass is 19.1. The Morgan fingerprint density at radius 3 is 2.51 bits per heavy atom. The van der Waals surface area contributed by atoms with Gasteiger partial charge in [-0.3, -0.25) is 9.80 Å². The quantitative estimate of drug-likeness (QED) is 0.255. The standard InChI is InChI=1S/C40H45F3N12O2/c1-22-45-32-13-25(42)11-28-31-7-6-8-35(47-31)46-26-14-34(39(56)51(4)20-27(57-5)21-53(22)36(28)32)54(19-26)37-29-15-44-55(33-10-9-24(41)12-30(33)43)38(29)49-40(48-37)52-17-23(18-52)16-50(2)3/h6-13,23,26-27,34,44H,14-21H2,1-5H3,(H,46,47). The van der Waals surface area contributed by atoms with Gasteiger partial charge in [0.2, 0.25) is 11.9 Å². The SMILES string of the molecule is COC1CN(C)C(=O)C2CC(CN2c2nc(N3CC(CN(C)C)C3)nc3c2CNN3c2ccc(F)cc2F)Nc2cccc(n2)-c2cc(F)cc3nc(C)n(c23)C1. The molecule has 0 spiro atoms. The van der Waals surface area contributed by atoms with Crippen LogP contribution in [0.25, 0.3) is 22.3 Å². The molecular weight excluding hydrogens is 738 g/mol. The fourth-order valence-corrected chi connectivity index (χ4v) is 8.74. The summed E-state index contributed by atoms with van der Waals surface area (Å²) in [6, 6.07) is 11.1. The van der Waals surface area contributed by atoms with Gasteiger partial charge in [0.15, 0.2) is 11.6 Å². The van der Waals surface area contributed by atoms with E-state index in [1.807, 2.05) is 48.7 Å². The number of pyridine rings is 1. The van der Waals surface area contributed by atoms with E-state index in [1.165, 1.54) is 29.3 Å². The minimum Gasteiger partial charge on any atom is -0.378 e. The van der Waals surface area contributed by atoms with Crippen LogP contribution >= 0.6 is 0 Å². The fraction of sp³-hybridized carbons (Fsp3) is 0.425. The summed E-state index contributed by atoms with van der Waals surface area (Å²) in [6.45, 7) is 5.52. The first-order chi connectivity index (χ1) is 27.4. The van der Waals surface area contributed by atoms with Gasteiger partial charge in [0.1, 0.15) is 35.1 Å². The number of benzene rings is 2. The maximum atomic E-state index is 15.3. The summed E-state index contributed by atoms with van der Waals surface area (Å²) in [5.41, 5.74) is 6.49. The number of halogens is 3. The highest BCUT2D eigenvalue weighted by Crippen LogP contribution is 2.41. The lowest BCUT2D eigenvalue weighted by atomic mass is 10.0. The van der Waals surface area contributed by atoms with Gasteiger partial charge in [-0.15, -0.1) is 0 Å². The van der Waals surface area contributed by atoms with Crippen molar-refractivity contribution in [2.75, 3.05) is 81.1 Å². The molecule has 298 valence electrons. The molecule has 2 fully saturated rings. The van der Waals surface area contributed by atoms with E-state index in [9.17, 15) is 9.18 Å². The third kappa shape index (κ3) is 6.76. The van der Waals surface area contributed by atoms with E-state index < -0.39 is 29.6 Å². The van der Waals surface area contributed by atoms with Crippen molar-refractivity contribution in [3.63, 3.8) is 0 Å². The van der Waals surface area contributed by atoms with Crippen molar-refractivity contribution in [2.24, 2.45) is 5.92 Å². The smallest absolute Gasteiger partial charge is 0.245 e. The van der Waals surface area contributed by atoms with Crippen molar-refractivity contribution in [1.29, 1.82) is 0 Å². The van der Waals surface area contributed by atoms with Crippen LogP contribution in [0.5, 0.6) is 0 Å². The molecule has 9 rings (SSSR count). The van der Waals surface area contributed by atoms with Crippen LogP contribution in [-0.2, 0) is 22.6 Å². The van der Waals surface area contributed by atoms with Gasteiger partial charge < -0.3 is 34.2 Å². The Bertz CT molecular complexity index is 2370. The molecule has 4 aliphatic heterocycles. The van der Waals surface area contributed by atoms with E-state index in [-0.39, 0.29) is 30.7 Å². The van der Waals surface area contributed by atoms with Gasteiger partial charge in [-0.1, -0.05) is 6.07 Å². The van der Waals surface area contributed by atoms with Crippen LogP contribution in [0.4, 0.5) is 42.3 Å². The highest BCUT2D eigenvalue weighted by Gasteiger charge is 2.43. The molecular formula is C40H45F3N12O2. The van der Waals surface area contributed by atoms with Crippen LogP contribution in [-0.4, -0.2) is 119 Å². The second-order valence-electron chi connectivity index (χ2n) is 15.8. The Balaban J connectivity index is 1.13. The number of amides is 1. The first-order valence-electron chi connectivity index (χ1n) is 19.2. The summed E-state index contributed by atoms with van der Waals surface area (Å²) < 4.78 is 52.5. The van der Waals surface area contributed by atoms with Crippen LogP contribution in [0.1, 0.15) is 17.8 Å². The van der Waals surface area contributed by atoms with E-state index in [2.05, 4.69) is 20.5 Å². The van der Waals surface area contributed by atoms with Crippen molar-refractivity contribution < 1.29 is 22.7 Å². The molecule has 57 heavy (non-hydrogen) atoms. The lowest BCUT2D eigenvalue weighted by molar-refractivity contribution is -0.132. The van der Waals surface area contributed by atoms with Crippen LogP contribution in [0.3, 0.4) is 0 Å². The molecule has 2 aromatic carbocycles. The molecule has 2 saturated heterocycles. The fourth-order valence-electron chi connectivity index (χ4n) is 8.74. The second kappa shape index (κ2) is 14.5. The van der Waals surface area contributed by atoms with Gasteiger partial charge in [-0.2, -0.15) is 9.97 Å². The van der Waals surface area contributed by atoms with E-state index >= 15 is 8.78 Å². The summed E-state index contributed by atoms with van der Waals surface area (Å²) in [5.74, 6) is 1.19. The summed E-state index contributed by atoms with van der Waals surface area (Å²) in [7, 11) is 7.48. The van der Waals surface area contributed by atoms with E-state index in [1.54, 1.807) is 19.1 Å². The van der Waals surface area contributed by atoms with Crippen molar-refractivity contribution >= 4 is 46.0 Å². The average molecular weight is 783 g/mol. The first-order valence-corrected chi connectivity index (χ1v) is 19.2. The van der Waals surface area contributed by atoms with Crippen LogP contribution in [0, 0.1) is 30.3 Å². The molecule has 1 amide bonds. The molecule has 0 saturated carbocycles. The Hall–Kier alpha value is -5.52. The van der Waals surface area contributed by atoms with Crippen molar-refractivity contribution in [1.82, 2.24) is 39.7 Å². The second-order valence-corrected chi connectivity index (χ2v) is 15.8. The predicted octanol–water partition coefficient (Wildman–Crippen LogP) is 4.31. The van der Waals surface area contributed by atoms with Gasteiger partial charge in [0.25, 0.3) is 0 Å². The molecule has 4 aliphatic rings. The monoisotopic (exact) mass is 782 g/mol. The molecule has 3 atom stereocenters. The predicted molar refractivity (Wildman–Crippen MR) is 211 cm³/mol. The van der Waals surface area contributed by atoms with Gasteiger partial charge in [0.05, 0.1) is 40.6 Å². The summed E-state index contributed by atoms with van der Waals surface area (Å²) in [4.78, 5) is 42.5. The Kier molecular flexibility index (Phi) is 9.40. The number of methoxy groups -OCH3 is 1. The number of rotatable bonds is 6. The molecule has 5 aromatic rings. The molecule has 0 radical (unpaired) electrons. The lowest BCUT2D eigenvalue weighted by Crippen LogP contribution is -2.51. The number of likely N-dealkylation sites (N-methyl/N-ethyl adjacent to an activating group) is 1. The minimum absolute atomic E-state index is 0.121. The zero-order chi connectivity index (χ0) is 39.7. The summed E-state index contributed by atoms with van der Waals surface area (Å²) in [6.07, 6.45) is -0.00662. The zero-order valence-electron chi connectivity index (χ0n) is 32.5. The number of carbonyl (C=O) groups is 1. The molecule has 3 unspecified atom stereocenters. The molecule has 14 nitrogen and oxygen atoms in total. The Morgan fingerprint density at radius 2 is 1.74 bits per heavy atom. The van der Waals surface area contributed by atoms with Gasteiger partial charge in [-0.25, -0.2) is 28.6 Å². The van der Waals surface area contributed by atoms with E-state index in [4.69, 9.17) is 24.7 Å². The largest absolute Gasteiger partial charge is 0.378 e. The third-order valence-corrected chi connectivity index (χ3v) is 11.4. The van der Waals surface area contributed by atoms with Crippen molar-refractivity contribution in [3.05, 3.63) is 77.4 Å². The van der Waals surface area contributed by atoms with Crippen LogP contribution in [0.2, 0.25) is 0 Å². The molecule has 17 heteroatoms. The number of ether oxygens (including phenoxy) is 1. The van der Waals surface area contributed by atoms with Crippen molar-refractivity contribution in [3.8, 4) is 11.3 Å².